The van der Waals surface area contributed by atoms with E-state index in [2.05, 4.69) is 32.4 Å². The van der Waals surface area contributed by atoms with Gasteiger partial charge in [-0.2, -0.15) is 4.80 Å². The molecule has 1 aromatic heterocycles. The third-order valence-corrected chi connectivity index (χ3v) is 4.93. The van der Waals surface area contributed by atoms with Crippen LogP contribution in [-0.4, -0.2) is 57.2 Å². The highest BCUT2D eigenvalue weighted by molar-refractivity contribution is 6.33. The van der Waals surface area contributed by atoms with E-state index >= 15 is 0 Å². The highest BCUT2D eigenvalue weighted by Crippen LogP contribution is 2.23. The van der Waals surface area contributed by atoms with E-state index in [1.165, 1.54) is 10.5 Å². The fraction of sp³-hybridized carbons (Fsp3) is 0.263. The van der Waals surface area contributed by atoms with Gasteiger partial charge in [-0.3, -0.25) is 4.79 Å². The summed E-state index contributed by atoms with van der Waals surface area (Å²) in [4.78, 5) is 18.0. The summed E-state index contributed by atoms with van der Waals surface area (Å²) in [7, 11) is 0. The van der Waals surface area contributed by atoms with Crippen LogP contribution < -0.4 is 4.90 Å². The van der Waals surface area contributed by atoms with E-state index in [0.29, 0.717) is 29.5 Å². The Kier molecular flexibility index (Phi) is 5.02. The number of piperazine rings is 1. The number of benzene rings is 2. The Morgan fingerprint density at radius 2 is 1.67 bits per heavy atom. The zero-order valence-electron chi connectivity index (χ0n) is 14.7. The molecule has 2 heterocycles. The smallest absolute Gasteiger partial charge is 0.246 e. The largest absolute Gasteiger partial charge is 0.368 e. The molecule has 7 nitrogen and oxygen atoms in total. The molecule has 0 bridgehead atoms. The Labute approximate surface area is 162 Å². The first-order valence-corrected chi connectivity index (χ1v) is 9.19. The lowest BCUT2D eigenvalue weighted by Gasteiger charge is -2.36. The molecule has 1 saturated heterocycles. The van der Waals surface area contributed by atoms with Gasteiger partial charge in [0.1, 0.15) is 6.54 Å². The molecule has 0 unspecified atom stereocenters. The van der Waals surface area contributed by atoms with Crippen LogP contribution in [0.4, 0.5) is 5.69 Å². The van der Waals surface area contributed by atoms with Gasteiger partial charge in [-0.15, -0.1) is 10.2 Å². The minimum atomic E-state index is -0.00850. The molecule has 8 heteroatoms. The number of carbonyl (C=O) groups is 1. The first kappa shape index (κ1) is 17.5. The molecule has 0 spiro atoms. The minimum absolute atomic E-state index is 0.00850. The lowest BCUT2D eigenvalue weighted by atomic mass is 10.2. The lowest BCUT2D eigenvalue weighted by molar-refractivity contribution is -0.132. The average molecular weight is 383 g/mol. The zero-order chi connectivity index (χ0) is 18.6. The van der Waals surface area contributed by atoms with Gasteiger partial charge in [-0.1, -0.05) is 41.9 Å². The summed E-state index contributed by atoms with van der Waals surface area (Å²) in [5, 5.41) is 12.9. The summed E-state index contributed by atoms with van der Waals surface area (Å²) in [5.41, 5.74) is 1.89. The SMILES string of the molecule is O=C(Cn1nnc(-c2ccccc2Cl)n1)N1CCN(c2ccccc2)CC1. The van der Waals surface area contributed by atoms with Crippen molar-refractivity contribution in [2.45, 2.75) is 6.54 Å². The van der Waals surface area contributed by atoms with E-state index in [9.17, 15) is 4.79 Å². The minimum Gasteiger partial charge on any atom is -0.368 e. The first-order valence-electron chi connectivity index (χ1n) is 8.81. The number of para-hydroxylation sites is 1. The third-order valence-electron chi connectivity index (χ3n) is 4.60. The van der Waals surface area contributed by atoms with E-state index in [1.54, 1.807) is 6.07 Å². The van der Waals surface area contributed by atoms with Crippen molar-refractivity contribution in [2.24, 2.45) is 0 Å². The van der Waals surface area contributed by atoms with Gasteiger partial charge >= 0.3 is 0 Å². The van der Waals surface area contributed by atoms with Crippen LogP contribution >= 0.6 is 11.6 Å². The van der Waals surface area contributed by atoms with Gasteiger partial charge in [0.05, 0.1) is 5.02 Å². The predicted molar refractivity (Wildman–Crippen MR) is 103 cm³/mol. The fourth-order valence-corrected chi connectivity index (χ4v) is 3.35. The number of rotatable bonds is 4. The predicted octanol–water partition coefficient (Wildman–Crippen LogP) is 2.34. The van der Waals surface area contributed by atoms with Gasteiger partial charge in [0.2, 0.25) is 11.7 Å². The standard InChI is InChI=1S/C19H19ClN6O/c20-17-9-5-4-8-16(17)19-21-23-26(22-19)14-18(27)25-12-10-24(11-13-25)15-6-2-1-3-7-15/h1-9H,10-14H2. The van der Waals surface area contributed by atoms with Gasteiger partial charge in [0, 0.05) is 37.4 Å². The van der Waals surface area contributed by atoms with Crippen LogP contribution in [0.15, 0.2) is 54.6 Å². The maximum Gasteiger partial charge on any atom is 0.246 e. The van der Waals surface area contributed by atoms with E-state index in [4.69, 9.17) is 11.6 Å². The first-order chi connectivity index (χ1) is 13.2. The van der Waals surface area contributed by atoms with Crippen LogP contribution in [-0.2, 0) is 11.3 Å². The molecule has 2 aromatic carbocycles. The number of hydrogen-bond donors (Lipinski definition) is 0. The Morgan fingerprint density at radius 1 is 0.963 bits per heavy atom. The molecular weight excluding hydrogens is 364 g/mol. The van der Waals surface area contributed by atoms with Crippen molar-refractivity contribution in [3.63, 3.8) is 0 Å². The fourth-order valence-electron chi connectivity index (χ4n) is 3.13. The topological polar surface area (TPSA) is 67.2 Å². The number of amides is 1. The Morgan fingerprint density at radius 3 is 2.41 bits per heavy atom. The Balaban J connectivity index is 1.36. The number of carbonyl (C=O) groups excluding carboxylic acids is 1. The molecular formula is C19H19ClN6O. The van der Waals surface area contributed by atoms with Crippen molar-refractivity contribution in [1.29, 1.82) is 0 Å². The van der Waals surface area contributed by atoms with Crippen molar-refractivity contribution in [1.82, 2.24) is 25.1 Å². The highest BCUT2D eigenvalue weighted by atomic mass is 35.5. The average Bonchev–Trinajstić information content (AvgIpc) is 3.17. The van der Waals surface area contributed by atoms with E-state index < -0.39 is 0 Å². The van der Waals surface area contributed by atoms with E-state index in [1.807, 2.05) is 41.3 Å². The summed E-state index contributed by atoms with van der Waals surface area (Å²) in [6.45, 7) is 3.05. The van der Waals surface area contributed by atoms with Crippen molar-refractivity contribution < 1.29 is 4.79 Å². The van der Waals surface area contributed by atoms with Gasteiger partial charge < -0.3 is 9.80 Å². The van der Waals surface area contributed by atoms with Crippen LogP contribution in [0.5, 0.6) is 0 Å². The molecule has 1 fully saturated rings. The molecule has 1 aliphatic heterocycles. The molecule has 0 N–H and O–H groups in total. The molecule has 0 atom stereocenters. The quantitative estimate of drug-likeness (QED) is 0.692. The molecule has 1 amide bonds. The third kappa shape index (κ3) is 3.93. The van der Waals surface area contributed by atoms with E-state index in [0.717, 1.165) is 13.1 Å². The van der Waals surface area contributed by atoms with Gasteiger partial charge in [-0.25, -0.2) is 0 Å². The van der Waals surface area contributed by atoms with Crippen molar-refractivity contribution in [3.8, 4) is 11.4 Å². The molecule has 0 saturated carbocycles. The number of halogens is 1. The summed E-state index contributed by atoms with van der Waals surface area (Å²) in [5.74, 6) is 0.410. The number of nitrogens with zero attached hydrogens (tertiary/aromatic N) is 6. The Hall–Kier alpha value is -2.93. The maximum atomic E-state index is 12.6. The highest BCUT2D eigenvalue weighted by Gasteiger charge is 2.22. The number of anilines is 1. The molecule has 27 heavy (non-hydrogen) atoms. The Bertz CT molecular complexity index is 921. The summed E-state index contributed by atoms with van der Waals surface area (Å²) < 4.78 is 0. The lowest BCUT2D eigenvalue weighted by Crippen LogP contribution is -2.49. The summed E-state index contributed by atoms with van der Waals surface area (Å²) in [6.07, 6.45) is 0. The second kappa shape index (κ2) is 7.75. The van der Waals surface area contributed by atoms with Crippen LogP contribution in [0.2, 0.25) is 5.02 Å². The number of tetrazole rings is 1. The zero-order valence-corrected chi connectivity index (χ0v) is 15.5. The molecule has 0 aliphatic carbocycles. The van der Waals surface area contributed by atoms with Gasteiger partial charge in [-0.05, 0) is 29.5 Å². The van der Waals surface area contributed by atoms with Crippen LogP contribution in [0.25, 0.3) is 11.4 Å². The molecule has 138 valence electrons. The number of aromatic nitrogens is 4. The van der Waals surface area contributed by atoms with E-state index in [-0.39, 0.29) is 12.5 Å². The number of hydrogen-bond acceptors (Lipinski definition) is 5. The second-order valence-corrected chi connectivity index (χ2v) is 6.73. The summed E-state index contributed by atoms with van der Waals surface area (Å²) >= 11 is 6.16. The van der Waals surface area contributed by atoms with Crippen LogP contribution in [0.1, 0.15) is 0 Å². The van der Waals surface area contributed by atoms with Crippen molar-refractivity contribution in [3.05, 3.63) is 59.6 Å². The molecule has 4 rings (SSSR count). The van der Waals surface area contributed by atoms with Crippen molar-refractivity contribution in [2.75, 3.05) is 31.1 Å². The van der Waals surface area contributed by atoms with Crippen molar-refractivity contribution >= 4 is 23.2 Å². The van der Waals surface area contributed by atoms with Gasteiger partial charge in [0.15, 0.2) is 0 Å². The maximum absolute atomic E-state index is 12.6. The van der Waals surface area contributed by atoms with Crippen LogP contribution in [0, 0.1) is 0 Å². The second-order valence-electron chi connectivity index (χ2n) is 6.33. The summed E-state index contributed by atoms with van der Waals surface area (Å²) in [6, 6.07) is 17.5. The van der Waals surface area contributed by atoms with Gasteiger partial charge in [0.25, 0.3) is 0 Å². The molecule has 3 aromatic rings. The molecule has 1 aliphatic rings. The molecule has 0 radical (unpaired) electrons. The monoisotopic (exact) mass is 382 g/mol. The van der Waals surface area contributed by atoms with Crippen LogP contribution in [0.3, 0.4) is 0 Å². The normalized spacial score (nSPS) is 14.4.